The van der Waals surface area contributed by atoms with Crippen molar-refractivity contribution in [2.45, 2.75) is 32.1 Å². The molecule has 2 rings (SSSR count). The lowest BCUT2D eigenvalue weighted by molar-refractivity contribution is 0.375. The topological polar surface area (TPSA) is 85.1 Å². The van der Waals surface area contributed by atoms with Crippen LogP contribution >= 0.6 is 23.2 Å². The van der Waals surface area contributed by atoms with E-state index in [1.54, 1.807) is 26.8 Å². The molecule has 22 heavy (non-hydrogen) atoms. The molecule has 0 saturated carbocycles. The third kappa shape index (κ3) is 3.60. The molecular weight excluding hydrogens is 349 g/mol. The van der Waals surface area contributed by atoms with Crippen molar-refractivity contribution in [1.82, 2.24) is 14.9 Å². The van der Waals surface area contributed by atoms with Gasteiger partial charge in [0.15, 0.2) is 5.82 Å². The van der Waals surface area contributed by atoms with Crippen LogP contribution in [0.4, 0.5) is 0 Å². The van der Waals surface area contributed by atoms with Crippen molar-refractivity contribution in [3.8, 4) is 0 Å². The van der Waals surface area contributed by atoms with Gasteiger partial charge in [0.25, 0.3) is 0 Å². The van der Waals surface area contributed by atoms with Crippen molar-refractivity contribution in [2.75, 3.05) is 6.54 Å². The number of hydrogen-bond donors (Lipinski definition) is 1. The van der Waals surface area contributed by atoms with Crippen LogP contribution < -0.4 is 4.72 Å². The molecule has 0 bridgehead atoms. The number of benzene rings is 1. The second-order valence-electron chi connectivity index (χ2n) is 4.83. The Hall–Kier alpha value is -1.15. The summed E-state index contributed by atoms with van der Waals surface area (Å²) in [6.07, 6.45) is 0.288. The van der Waals surface area contributed by atoms with Crippen LogP contribution in [0.3, 0.4) is 0 Å². The number of rotatable bonds is 5. The quantitative estimate of drug-likeness (QED) is 0.882. The van der Waals surface area contributed by atoms with E-state index in [0.717, 1.165) is 0 Å². The Bertz CT molecular complexity index is 777. The maximum Gasteiger partial charge on any atom is 0.242 e. The normalized spacial score (nSPS) is 11.9. The van der Waals surface area contributed by atoms with Crippen LogP contribution in [0.5, 0.6) is 0 Å². The van der Waals surface area contributed by atoms with E-state index < -0.39 is 10.0 Å². The minimum atomic E-state index is -3.79. The number of aromatic nitrogens is 2. The fourth-order valence-electron chi connectivity index (χ4n) is 1.94. The third-order valence-corrected chi connectivity index (χ3v) is 5.68. The predicted octanol–water partition coefficient (Wildman–Crippen LogP) is 2.82. The highest BCUT2D eigenvalue weighted by Gasteiger charge is 2.23. The number of hydrogen-bond acceptors (Lipinski definition) is 5. The molecule has 0 aliphatic rings. The number of aryl methyl sites for hydroxylation is 2. The Kier molecular flexibility index (Phi) is 5.11. The molecule has 0 amide bonds. The molecule has 0 atom stereocenters. The third-order valence-electron chi connectivity index (χ3n) is 3.06. The molecule has 6 nitrogen and oxygen atoms in total. The van der Waals surface area contributed by atoms with Crippen molar-refractivity contribution in [2.24, 2.45) is 0 Å². The van der Waals surface area contributed by atoms with E-state index in [1.807, 2.05) is 0 Å². The molecule has 120 valence electrons. The van der Waals surface area contributed by atoms with Crippen molar-refractivity contribution in [3.05, 3.63) is 39.0 Å². The molecule has 0 fully saturated rings. The first-order chi connectivity index (χ1) is 10.2. The Morgan fingerprint density at radius 1 is 1.27 bits per heavy atom. The minimum absolute atomic E-state index is 0.000811. The molecule has 0 unspecified atom stereocenters. The molecule has 0 spiro atoms. The number of halogens is 2. The van der Waals surface area contributed by atoms with Gasteiger partial charge in [-0.05, 0) is 38.0 Å². The molecule has 1 aromatic heterocycles. The average molecular weight is 364 g/mol. The first kappa shape index (κ1) is 17.2. The number of nitrogens with zero attached hydrogens (tertiary/aromatic N) is 2. The van der Waals surface area contributed by atoms with E-state index in [0.29, 0.717) is 27.9 Å². The predicted molar refractivity (Wildman–Crippen MR) is 83.9 cm³/mol. The van der Waals surface area contributed by atoms with Crippen molar-refractivity contribution in [1.29, 1.82) is 0 Å². The summed E-state index contributed by atoms with van der Waals surface area (Å²) < 4.78 is 32.3. The second kappa shape index (κ2) is 6.54. The van der Waals surface area contributed by atoms with Gasteiger partial charge < -0.3 is 4.52 Å². The summed E-state index contributed by atoms with van der Waals surface area (Å²) in [6.45, 7) is 5.12. The molecule has 1 aromatic carbocycles. The summed E-state index contributed by atoms with van der Waals surface area (Å²) in [7, 11) is -3.79. The first-order valence-electron chi connectivity index (χ1n) is 6.46. The summed E-state index contributed by atoms with van der Waals surface area (Å²) >= 11 is 12.2. The van der Waals surface area contributed by atoms with Crippen molar-refractivity contribution in [3.63, 3.8) is 0 Å². The van der Waals surface area contributed by atoms with Crippen molar-refractivity contribution >= 4 is 33.2 Å². The molecule has 1 N–H and O–H groups in total. The fourth-order valence-corrected chi connectivity index (χ4v) is 4.18. The highest BCUT2D eigenvalue weighted by atomic mass is 35.5. The highest BCUT2D eigenvalue weighted by molar-refractivity contribution is 7.89. The van der Waals surface area contributed by atoms with Crippen LogP contribution in [0.15, 0.2) is 15.5 Å². The van der Waals surface area contributed by atoms with Gasteiger partial charge in [-0.1, -0.05) is 28.4 Å². The Balaban J connectivity index is 2.20. The van der Waals surface area contributed by atoms with E-state index in [9.17, 15) is 8.42 Å². The van der Waals surface area contributed by atoms with E-state index >= 15 is 0 Å². The maximum absolute atomic E-state index is 12.5. The lowest BCUT2D eigenvalue weighted by Crippen LogP contribution is -2.27. The van der Waals surface area contributed by atoms with Gasteiger partial charge in [-0.15, -0.1) is 0 Å². The van der Waals surface area contributed by atoms with Crippen molar-refractivity contribution < 1.29 is 12.9 Å². The minimum Gasteiger partial charge on any atom is -0.339 e. The summed E-state index contributed by atoms with van der Waals surface area (Å²) in [5.74, 6) is 0.868. The zero-order valence-corrected chi connectivity index (χ0v) is 14.6. The van der Waals surface area contributed by atoms with E-state index in [1.165, 1.54) is 0 Å². The summed E-state index contributed by atoms with van der Waals surface area (Å²) in [4.78, 5) is 4.01. The van der Waals surface area contributed by atoms with E-state index in [2.05, 4.69) is 14.9 Å². The van der Waals surface area contributed by atoms with Gasteiger partial charge >= 0.3 is 0 Å². The molecule has 0 aliphatic carbocycles. The van der Waals surface area contributed by atoms with E-state index in [-0.39, 0.29) is 22.9 Å². The SMILES string of the molecule is Cc1noc(CCNS(=O)(=O)c2c(C)c(Cl)cc(C)c2Cl)n1. The largest absolute Gasteiger partial charge is 0.339 e. The van der Waals surface area contributed by atoms with Crippen LogP contribution in [0.2, 0.25) is 10.0 Å². The van der Waals surface area contributed by atoms with Gasteiger partial charge in [0, 0.05) is 18.0 Å². The second-order valence-corrected chi connectivity index (χ2v) is 7.32. The first-order valence-corrected chi connectivity index (χ1v) is 8.70. The van der Waals surface area contributed by atoms with Gasteiger partial charge in [-0.3, -0.25) is 0 Å². The lowest BCUT2D eigenvalue weighted by Gasteiger charge is -2.13. The summed E-state index contributed by atoms with van der Waals surface area (Å²) in [6, 6.07) is 1.64. The zero-order valence-electron chi connectivity index (χ0n) is 12.3. The Morgan fingerprint density at radius 2 is 1.95 bits per heavy atom. The molecule has 2 aromatic rings. The van der Waals surface area contributed by atoms with E-state index in [4.69, 9.17) is 27.7 Å². The van der Waals surface area contributed by atoms with Crippen LogP contribution in [0.25, 0.3) is 0 Å². The maximum atomic E-state index is 12.5. The summed E-state index contributed by atoms with van der Waals surface area (Å²) in [5, 5.41) is 4.17. The van der Waals surface area contributed by atoms with Crippen LogP contribution in [-0.2, 0) is 16.4 Å². The molecule has 0 saturated heterocycles. The highest BCUT2D eigenvalue weighted by Crippen LogP contribution is 2.33. The zero-order chi connectivity index (χ0) is 16.5. The van der Waals surface area contributed by atoms with Gasteiger partial charge in [0.1, 0.15) is 4.90 Å². The van der Waals surface area contributed by atoms with Gasteiger partial charge in [-0.25, -0.2) is 13.1 Å². The molecule has 9 heteroatoms. The molecule has 0 radical (unpaired) electrons. The molecular formula is C13H15Cl2N3O3S. The fraction of sp³-hybridized carbons (Fsp3) is 0.385. The summed E-state index contributed by atoms with van der Waals surface area (Å²) in [5.41, 5.74) is 1.02. The lowest BCUT2D eigenvalue weighted by atomic mass is 10.2. The van der Waals surface area contributed by atoms with Gasteiger partial charge in [0.2, 0.25) is 15.9 Å². The smallest absolute Gasteiger partial charge is 0.242 e. The standard InChI is InChI=1S/C13H15Cl2N3O3S/c1-7-6-10(14)8(2)13(12(7)15)22(19,20)16-5-4-11-17-9(3)18-21-11/h6,16H,4-5H2,1-3H3. The average Bonchev–Trinajstić information content (AvgIpc) is 2.82. The van der Waals surface area contributed by atoms with Crippen LogP contribution in [-0.4, -0.2) is 25.1 Å². The van der Waals surface area contributed by atoms with Crippen LogP contribution in [0, 0.1) is 20.8 Å². The number of nitrogens with one attached hydrogen (secondary N) is 1. The van der Waals surface area contributed by atoms with Gasteiger partial charge in [-0.2, -0.15) is 4.98 Å². The van der Waals surface area contributed by atoms with Gasteiger partial charge in [0.05, 0.1) is 5.02 Å². The Labute approximate surface area is 138 Å². The van der Waals surface area contributed by atoms with Crippen LogP contribution in [0.1, 0.15) is 22.8 Å². The number of sulfonamides is 1. The molecule has 1 heterocycles. The Morgan fingerprint density at radius 3 is 2.55 bits per heavy atom. The molecule has 0 aliphatic heterocycles. The monoisotopic (exact) mass is 363 g/mol.